The number of amides is 1. The van der Waals surface area contributed by atoms with E-state index in [4.69, 9.17) is 11.6 Å². The van der Waals surface area contributed by atoms with Crippen LogP contribution >= 0.6 is 23.4 Å². The molecule has 6 nitrogen and oxygen atoms in total. The zero-order valence-electron chi connectivity index (χ0n) is 11.0. The number of rotatable bonds is 4. The molecule has 0 radical (unpaired) electrons. The smallest absolute Gasteiger partial charge is 0.239 e. The molecule has 21 heavy (non-hydrogen) atoms. The van der Waals surface area contributed by atoms with Crippen LogP contribution in [0, 0.1) is 0 Å². The van der Waals surface area contributed by atoms with Crippen LogP contribution in [0.4, 0.5) is 0 Å². The largest absolute Gasteiger partial charge is 0.550 e. The third-order valence-electron chi connectivity index (χ3n) is 2.68. The first-order chi connectivity index (χ1) is 9.95. The van der Waals surface area contributed by atoms with Crippen LogP contribution < -0.4 is 10.4 Å². The number of carbonyl (C=O) groups excluding carboxylic acids is 2. The van der Waals surface area contributed by atoms with Gasteiger partial charge in [-0.3, -0.25) is 4.79 Å². The molecule has 2 rings (SSSR count). The molecule has 8 heteroatoms. The van der Waals surface area contributed by atoms with Crippen molar-refractivity contribution in [1.82, 2.24) is 5.32 Å². The van der Waals surface area contributed by atoms with E-state index in [1.807, 2.05) is 0 Å². The lowest BCUT2D eigenvalue weighted by atomic mass is 10.1. The molecule has 1 aliphatic rings. The molecule has 110 valence electrons. The van der Waals surface area contributed by atoms with Crippen LogP contribution in [0.2, 0.25) is 5.02 Å². The second-order valence-corrected chi connectivity index (χ2v) is 5.90. The minimum Gasteiger partial charge on any atom is -0.550 e. The Morgan fingerprint density at radius 1 is 1.43 bits per heavy atom. The lowest BCUT2D eigenvalue weighted by molar-refractivity contribution is -0.305. The maximum Gasteiger partial charge on any atom is 0.239 e. The van der Waals surface area contributed by atoms with Crippen LogP contribution in [0.5, 0.6) is 0 Å². The van der Waals surface area contributed by atoms with E-state index >= 15 is 0 Å². The average molecular weight is 325 g/mol. The van der Waals surface area contributed by atoms with Gasteiger partial charge in [-0.1, -0.05) is 35.5 Å². The Labute approximate surface area is 130 Å². The third-order valence-corrected chi connectivity index (χ3v) is 4.01. The Kier molecular flexibility index (Phi) is 4.98. The molecule has 0 bridgehead atoms. The summed E-state index contributed by atoms with van der Waals surface area (Å²) in [5, 5.41) is 21.1. The molecule has 1 aromatic carbocycles. The quantitative estimate of drug-likeness (QED) is 0.654. The van der Waals surface area contributed by atoms with Gasteiger partial charge in [0.15, 0.2) is 5.17 Å². The van der Waals surface area contributed by atoms with Crippen molar-refractivity contribution in [1.29, 1.82) is 0 Å². The van der Waals surface area contributed by atoms with Gasteiger partial charge in [-0.15, -0.1) is 5.10 Å². The van der Waals surface area contributed by atoms with Gasteiger partial charge in [0, 0.05) is 17.4 Å². The number of carboxylic acids is 1. The van der Waals surface area contributed by atoms with E-state index in [0.29, 0.717) is 10.7 Å². The van der Waals surface area contributed by atoms with Crippen molar-refractivity contribution in [2.24, 2.45) is 10.2 Å². The van der Waals surface area contributed by atoms with Crippen molar-refractivity contribution in [3.05, 3.63) is 34.9 Å². The van der Waals surface area contributed by atoms with Crippen molar-refractivity contribution in [3.8, 4) is 0 Å². The number of nitrogens with one attached hydrogen (secondary N) is 1. The van der Waals surface area contributed by atoms with Crippen molar-refractivity contribution >= 4 is 46.1 Å². The number of thioether (sulfide) groups is 1. The summed E-state index contributed by atoms with van der Waals surface area (Å²) in [5.41, 5.74) is 1.50. The van der Waals surface area contributed by atoms with E-state index in [0.717, 1.165) is 17.3 Å². The van der Waals surface area contributed by atoms with Gasteiger partial charge in [-0.25, -0.2) is 0 Å². The molecule has 0 aromatic heterocycles. The van der Waals surface area contributed by atoms with E-state index in [1.54, 1.807) is 31.2 Å². The summed E-state index contributed by atoms with van der Waals surface area (Å²) in [6, 6.07) is 7.09. The number of carboxylic acid groups (broad SMARTS) is 1. The fourth-order valence-corrected chi connectivity index (χ4v) is 2.64. The van der Waals surface area contributed by atoms with E-state index in [-0.39, 0.29) is 11.6 Å². The fourth-order valence-electron chi connectivity index (χ4n) is 1.61. The Bertz CT molecular complexity index is 628. The van der Waals surface area contributed by atoms with Gasteiger partial charge < -0.3 is 15.2 Å². The summed E-state index contributed by atoms with van der Waals surface area (Å²) in [7, 11) is 0. The number of carbonyl (C=O) groups is 2. The molecule has 1 aliphatic heterocycles. The number of halogens is 1. The molecule has 0 unspecified atom stereocenters. The molecule has 0 spiro atoms. The van der Waals surface area contributed by atoms with Gasteiger partial charge >= 0.3 is 0 Å². The molecular weight excluding hydrogens is 314 g/mol. The number of hydrogen-bond acceptors (Lipinski definition) is 6. The maximum absolute atomic E-state index is 11.5. The van der Waals surface area contributed by atoms with Crippen LogP contribution in [0.15, 0.2) is 34.5 Å². The number of benzene rings is 1. The summed E-state index contributed by atoms with van der Waals surface area (Å²) in [5.74, 6) is -1.67. The Balaban J connectivity index is 2.07. The fraction of sp³-hybridized carbons (Fsp3) is 0.231. The van der Waals surface area contributed by atoms with E-state index in [1.165, 1.54) is 0 Å². The highest BCUT2D eigenvalue weighted by Gasteiger charge is 2.30. The first-order valence-electron chi connectivity index (χ1n) is 6.01. The van der Waals surface area contributed by atoms with Gasteiger partial charge in [0.05, 0.1) is 11.0 Å². The topological polar surface area (TPSA) is 94.0 Å². The second-order valence-electron chi connectivity index (χ2n) is 4.27. The first kappa shape index (κ1) is 15.5. The predicted molar refractivity (Wildman–Crippen MR) is 80.2 cm³/mol. The molecule has 0 aliphatic carbocycles. The van der Waals surface area contributed by atoms with E-state index in [2.05, 4.69) is 15.5 Å². The van der Waals surface area contributed by atoms with Crippen molar-refractivity contribution in [3.63, 3.8) is 0 Å². The molecule has 1 saturated heterocycles. The minimum atomic E-state index is -1.27. The third kappa shape index (κ3) is 4.30. The average Bonchev–Trinajstić information content (AvgIpc) is 2.77. The van der Waals surface area contributed by atoms with Gasteiger partial charge in [-0.05, 0) is 24.6 Å². The molecule has 1 aromatic rings. The van der Waals surface area contributed by atoms with Crippen LogP contribution in [0.25, 0.3) is 0 Å². The normalized spacial score (nSPS) is 20.7. The van der Waals surface area contributed by atoms with Crippen molar-refractivity contribution in [2.45, 2.75) is 18.6 Å². The Morgan fingerprint density at radius 2 is 2.10 bits per heavy atom. The van der Waals surface area contributed by atoms with Crippen LogP contribution in [0.3, 0.4) is 0 Å². The molecule has 0 saturated carbocycles. The SMILES string of the molecule is C/C(=N/N=C1\NC(=O)[C@@H](CC(=O)[O-])S1)c1ccc(Cl)cc1. The summed E-state index contributed by atoms with van der Waals surface area (Å²) >= 11 is 6.83. The summed E-state index contributed by atoms with van der Waals surface area (Å²) in [6.45, 7) is 1.77. The summed E-state index contributed by atoms with van der Waals surface area (Å²) in [6.07, 6.45) is -0.352. The standard InChI is InChI=1S/C13H12ClN3O3S/c1-7(8-2-4-9(14)5-3-8)16-17-13-15-12(20)10(21-13)6-11(18)19/h2-5,10H,6H2,1H3,(H,18,19)(H,15,17,20)/p-1/b16-7-/t10-/m1/s1. The molecule has 1 fully saturated rings. The minimum absolute atomic E-state index is 0.277. The molecular formula is C13H11ClN3O3S-. The highest BCUT2D eigenvalue weighted by Crippen LogP contribution is 2.22. The van der Waals surface area contributed by atoms with Gasteiger partial charge in [-0.2, -0.15) is 5.10 Å². The van der Waals surface area contributed by atoms with Gasteiger partial charge in [0.2, 0.25) is 5.91 Å². The lowest BCUT2D eigenvalue weighted by Gasteiger charge is -2.04. The van der Waals surface area contributed by atoms with E-state index < -0.39 is 17.1 Å². The second kappa shape index (κ2) is 6.73. The molecule has 1 N–H and O–H groups in total. The highest BCUT2D eigenvalue weighted by molar-refractivity contribution is 8.15. The number of hydrogen-bond donors (Lipinski definition) is 1. The first-order valence-corrected chi connectivity index (χ1v) is 7.27. The monoisotopic (exact) mass is 324 g/mol. The maximum atomic E-state index is 11.5. The number of amidine groups is 1. The zero-order chi connectivity index (χ0) is 15.4. The highest BCUT2D eigenvalue weighted by atomic mass is 35.5. The summed E-state index contributed by atoms with van der Waals surface area (Å²) in [4.78, 5) is 22.0. The van der Waals surface area contributed by atoms with Crippen molar-refractivity contribution in [2.75, 3.05) is 0 Å². The molecule has 1 atom stereocenters. The van der Waals surface area contributed by atoms with Gasteiger partial charge in [0.1, 0.15) is 0 Å². The van der Waals surface area contributed by atoms with Crippen molar-refractivity contribution < 1.29 is 14.7 Å². The number of nitrogens with zero attached hydrogens (tertiary/aromatic N) is 2. The van der Waals surface area contributed by atoms with Crippen LogP contribution in [0.1, 0.15) is 18.9 Å². The number of aliphatic carboxylic acids is 1. The lowest BCUT2D eigenvalue weighted by Crippen LogP contribution is -2.31. The van der Waals surface area contributed by atoms with Crippen LogP contribution in [-0.4, -0.2) is 28.0 Å². The molecule has 1 amide bonds. The van der Waals surface area contributed by atoms with Gasteiger partial charge in [0.25, 0.3) is 0 Å². The Hall–Kier alpha value is -1.86. The Morgan fingerprint density at radius 3 is 2.71 bits per heavy atom. The zero-order valence-corrected chi connectivity index (χ0v) is 12.6. The summed E-state index contributed by atoms with van der Waals surface area (Å²) < 4.78 is 0. The van der Waals surface area contributed by atoms with E-state index in [9.17, 15) is 14.7 Å². The predicted octanol–water partition coefficient (Wildman–Crippen LogP) is 0.792. The molecule has 1 heterocycles. The van der Waals surface area contributed by atoms with Crippen LogP contribution in [-0.2, 0) is 9.59 Å².